The molecule has 0 aliphatic carbocycles. The van der Waals surface area contributed by atoms with Crippen molar-refractivity contribution in [1.29, 1.82) is 0 Å². The smallest absolute Gasteiger partial charge is 0.352 e. The molecular formula is C22H20FN5O3. The summed E-state index contributed by atoms with van der Waals surface area (Å²) in [6.45, 7) is 1.44. The maximum atomic E-state index is 13.7. The monoisotopic (exact) mass is 421 g/mol. The highest BCUT2D eigenvalue weighted by molar-refractivity contribution is 5.75. The van der Waals surface area contributed by atoms with Crippen LogP contribution in [0.5, 0.6) is 5.75 Å². The Labute approximate surface area is 176 Å². The number of carbonyl (C=O) groups is 1. The van der Waals surface area contributed by atoms with E-state index in [-0.39, 0.29) is 13.1 Å². The van der Waals surface area contributed by atoms with Crippen LogP contribution in [-0.2, 0) is 17.9 Å². The summed E-state index contributed by atoms with van der Waals surface area (Å²) >= 11 is 0. The Hall–Kier alpha value is -4.01. The molecule has 4 aromatic rings. The van der Waals surface area contributed by atoms with Gasteiger partial charge in [0.2, 0.25) is 5.91 Å². The van der Waals surface area contributed by atoms with Crippen molar-refractivity contribution >= 4 is 11.6 Å². The average Bonchev–Trinajstić information content (AvgIpc) is 3.08. The first-order chi connectivity index (χ1) is 15.0. The highest BCUT2D eigenvalue weighted by Gasteiger charge is 2.15. The van der Waals surface area contributed by atoms with Gasteiger partial charge in [0.25, 0.3) is 0 Å². The van der Waals surface area contributed by atoms with E-state index >= 15 is 0 Å². The number of benzene rings is 2. The third-order valence-electron chi connectivity index (χ3n) is 4.85. The lowest BCUT2D eigenvalue weighted by Gasteiger charge is -2.05. The fraction of sp³-hybridized carbons (Fsp3) is 0.182. The van der Waals surface area contributed by atoms with Crippen LogP contribution in [0.15, 0.2) is 59.4 Å². The summed E-state index contributed by atoms with van der Waals surface area (Å²) in [6.07, 6.45) is 0. The van der Waals surface area contributed by atoms with Crippen LogP contribution in [0.25, 0.3) is 16.9 Å². The number of methoxy groups -OCH3 is 1. The van der Waals surface area contributed by atoms with E-state index in [0.717, 1.165) is 16.0 Å². The van der Waals surface area contributed by atoms with Gasteiger partial charge in [-0.25, -0.2) is 23.3 Å². The van der Waals surface area contributed by atoms with Crippen LogP contribution in [0.3, 0.4) is 0 Å². The van der Waals surface area contributed by atoms with Gasteiger partial charge in [-0.15, -0.1) is 5.10 Å². The SMILES string of the molecule is COc1ccc(-c2cc3nn(CC(=O)NCc4ccccc4F)c(=O)n3c(C)n2)cc1. The number of nitrogens with one attached hydrogen (secondary N) is 1. The third kappa shape index (κ3) is 4.16. The zero-order valence-electron chi connectivity index (χ0n) is 17.0. The van der Waals surface area contributed by atoms with Crippen LogP contribution in [-0.4, -0.2) is 32.2 Å². The van der Waals surface area contributed by atoms with Crippen LogP contribution >= 0.6 is 0 Å². The van der Waals surface area contributed by atoms with Crippen LogP contribution in [0.2, 0.25) is 0 Å². The normalized spacial score (nSPS) is 10.9. The predicted molar refractivity (Wildman–Crippen MR) is 112 cm³/mol. The maximum Gasteiger partial charge on any atom is 0.352 e. The molecule has 2 heterocycles. The van der Waals surface area contributed by atoms with Crippen molar-refractivity contribution in [2.45, 2.75) is 20.0 Å². The maximum absolute atomic E-state index is 13.7. The fourth-order valence-electron chi connectivity index (χ4n) is 3.24. The second kappa shape index (κ2) is 8.39. The van der Waals surface area contributed by atoms with E-state index in [0.29, 0.717) is 22.7 Å². The quantitative estimate of drug-likeness (QED) is 0.516. The summed E-state index contributed by atoms with van der Waals surface area (Å²) in [5.74, 6) is 0.324. The molecule has 2 aromatic heterocycles. The number of aromatic nitrogens is 4. The summed E-state index contributed by atoms with van der Waals surface area (Å²) in [5.41, 5.74) is 1.76. The Morgan fingerprint density at radius 3 is 2.61 bits per heavy atom. The number of nitrogens with zero attached hydrogens (tertiary/aromatic N) is 4. The molecule has 0 bridgehead atoms. The first-order valence-electron chi connectivity index (χ1n) is 9.58. The Morgan fingerprint density at radius 1 is 1.16 bits per heavy atom. The molecule has 0 spiro atoms. The summed E-state index contributed by atoms with van der Waals surface area (Å²) in [7, 11) is 1.59. The van der Waals surface area contributed by atoms with Gasteiger partial charge in [-0.2, -0.15) is 0 Å². The van der Waals surface area contributed by atoms with Gasteiger partial charge in [-0.1, -0.05) is 18.2 Å². The fourth-order valence-corrected chi connectivity index (χ4v) is 3.24. The zero-order valence-corrected chi connectivity index (χ0v) is 17.0. The molecule has 2 aromatic carbocycles. The van der Waals surface area contributed by atoms with Gasteiger partial charge in [-0.3, -0.25) is 4.79 Å². The van der Waals surface area contributed by atoms with Gasteiger partial charge in [-0.05, 0) is 37.3 Å². The number of rotatable bonds is 6. The first kappa shape index (κ1) is 20.3. The summed E-state index contributed by atoms with van der Waals surface area (Å²) in [6, 6.07) is 15.2. The van der Waals surface area contributed by atoms with Gasteiger partial charge in [0, 0.05) is 23.7 Å². The molecule has 9 heteroatoms. The van der Waals surface area contributed by atoms with E-state index < -0.39 is 17.4 Å². The van der Waals surface area contributed by atoms with E-state index in [2.05, 4.69) is 15.4 Å². The largest absolute Gasteiger partial charge is 0.497 e. The van der Waals surface area contributed by atoms with Crippen molar-refractivity contribution in [1.82, 2.24) is 24.5 Å². The lowest BCUT2D eigenvalue weighted by Crippen LogP contribution is -2.32. The van der Waals surface area contributed by atoms with Crippen molar-refractivity contribution in [2.75, 3.05) is 7.11 Å². The first-order valence-corrected chi connectivity index (χ1v) is 9.58. The molecule has 158 valence electrons. The van der Waals surface area contributed by atoms with Crippen molar-refractivity contribution in [2.24, 2.45) is 0 Å². The van der Waals surface area contributed by atoms with E-state index in [4.69, 9.17) is 4.74 Å². The number of amides is 1. The number of carbonyl (C=O) groups excluding carboxylic acids is 1. The number of fused-ring (bicyclic) bond motifs is 1. The van der Waals surface area contributed by atoms with Crippen LogP contribution in [0.1, 0.15) is 11.4 Å². The van der Waals surface area contributed by atoms with Gasteiger partial charge >= 0.3 is 5.69 Å². The van der Waals surface area contributed by atoms with Gasteiger partial charge < -0.3 is 10.1 Å². The number of halogens is 1. The molecule has 4 rings (SSSR count). The van der Waals surface area contributed by atoms with Crippen molar-refractivity contribution in [3.63, 3.8) is 0 Å². The molecular weight excluding hydrogens is 401 g/mol. The minimum atomic E-state index is -0.470. The lowest BCUT2D eigenvalue weighted by atomic mass is 10.1. The van der Waals surface area contributed by atoms with Gasteiger partial charge in [0.15, 0.2) is 5.65 Å². The molecule has 0 fully saturated rings. The van der Waals surface area contributed by atoms with E-state index in [1.807, 2.05) is 24.3 Å². The Kier molecular flexibility index (Phi) is 5.48. The zero-order chi connectivity index (χ0) is 22.0. The molecule has 8 nitrogen and oxygen atoms in total. The van der Waals surface area contributed by atoms with E-state index in [1.54, 1.807) is 38.3 Å². The van der Waals surface area contributed by atoms with Crippen molar-refractivity contribution in [3.8, 4) is 17.0 Å². The predicted octanol–water partition coefficient (Wildman–Crippen LogP) is 2.33. The molecule has 0 aliphatic heterocycles. The van der Waals surface area contributed by atoms with E-state index in [9.17, 15) is 14.0 Å². The molecule has 0 saturated heterocycles. The molecule has 1 N–H and O–H groups in total. The number of hydrogen-bond acceptors (Lipinski definition) is 5. The molecule has 1 amide bonds. The topological polar surface area (TPSA) is 90.5 Å². The van der Waals surface area contributed by atoms with Crippen LogP contribution in [0.4, 0.5) is 4.39 Å². The minimum Gasteiger partial charge on any atom is -0.497 e. The molecule has 0 atom stereocenters. The second-order valence-electron chi connectivity index (χ2n) is 6.92. The number of hydrogen-bond donors (Lipinski definition) is 1. The molecule has 0 saturated carbocycles. The summed E-state index contributed by atoms with van der Waals surface area (Å²) < 4.78 is 21.3. The highest BCUT2D eigenvalue weighted by Crippen LogP contribution is 2.21. The number of aryl methyl sites for hydroxylation is 1. The van der Waals surface area contributed by atoms with E-state index in [1.165, 1.54) is 10.5 Å². The number of ether oxygens (including phenoxy) is 1. The molecule has 0 radical (unpaired) electrons. The summed E-state index contributed by atoms with van der Waals surface area (Å²) in [4.78, 5) is 29.5. The lowest BCUT2D eigenvalue weighted by molar-refractivity contribution is -0.122. The van der Waals surface area contributed by atoms with Crippen molar-refractivity contribution in [3.05, 3.63) is 82.3 Å². The summed E-state index contributed by atoms with van der Waals surface area (Å²) in [5, 5.41) is 6.88. The van der Waals surface area contributed by atoms with Crippen molar-refractivity contribution < 1.29 is 13.9 Å². The Bertz CT molecular complexity index is 1310. The average molecular weight is 421 g/mol. The second-order valence-corrected chi connectivity index (χ2v) is 6.92. The van der Waals surface area contributed by atoms with Gasteiger partial charge in [0.05, 0.1) is 12.8 Å². The Morgan fingerprint density at radius 2 is 1.90 bits per heavy atom. The molecule has 0 unspecified atom stereocenters. The third-order valence-corrected chi connectivity index (χ3v) is 4.85. The molecule has 31 heavy (non-hydrogen) atoms. The standard InChI is InChI=1S/C22H20FN5O3/c1-14-25-19(15-7-9-17(31-2)10-8-15)11-20-26-27(22(30)28(14)20)13-21(29)24-12-16-5-3-4-6-18(16)23/h3-11H,12-13H2,1-2H3,(H,24,29). The Balaban J connectivity index is 1.56. The minimum absolute atomic E-state index is 0.0236. The van der Waals surface area contributed by atoms with Crippen LogP contribution < -0.4 is 15.7 Å². The van der Waals surface area contributed by atoms with Crippen LogP contribution in [0, 0.1) is 12.7 Å². The molecule has 0 aliphatic rings. The van der Waals surface area contributed by atoms with Gasteiger partial charge in [0.1, 0.15) is 23.9 Å². The highest BCUT2D eigenvalue weighted by atomic mass is 19.1.